The Kier molecular flexibility index (Phi) is 5.86. The summed E-state index contributed by atoms with van der Waals surface area (Å²) in [5.41, 5.74) is 1.46. The molecule has 2 N–H and O–H groups in total. The van der Waals surface area contributed by atoms with Crippen molar-refractivity contribution in [3.05, 3.63) is 71.2 Å². The number of thiazole rings is 1. The fourth-order valence-electron chi connectivity index (χ4n) is 2.39. The number of hydrogen-bond acceptors (Lipinski definition) is 6. The minimum atomic E-state index is -3.72. The molecule has 0 unspecified atom stereocenters. The van der Waals surface area contributed by atoms with Crippen molar-refractivity contribution in [1.29, 1.82) is 0 Å². The van der Waals surface area contributed by atoms with Gasteiger partial charge in [-0.3, -0.25) is 14.3 Å². The van der Waals surface area contributed by atoms with E-state index in [2.05, 4.69) is 15.0 Å². The van der Waals surface area contributed by atoms with Gasteiger partial charge in [-0.05, 0) is 31.2 Å². The SMILES string of the molecule is CC(=O)c1cccc(NC(=O)Cc2csc(NS(=O)(=O)c3ccccc3)n2)c1. The molecule has 0 bridgehead atoms. The molecule has 0 aliphatic carbocycles. The number of sulfonamides is 1. The number of carbonyl (C=O) groups excluding carboxylic acids is 2. The molecule has 7 nitrogen and oxygen atoms in total. The van der Waals surface area contributed by atoms with E-state index in [-0.39, 0.29) is 28.1 Å². The van der Waals surface area contributed by atoms with Crippen LogP contribution in [0.2, 0.25) is 0 Å². The van der Waals surface area contributed by atoms with Gasteiger partial charge in [-0.15, -0.1) is 11.3 Å². The number of carbonyl (C=O) groups is 2. The molecule has 0 saturated carbocycles. The molecule has 3 aromatic rings. The van der Waals surface area contributed by atoms with Gasteiger partial charge in [-0.1, -0.05) is 30.3 Å². The number of anilines is 2. The van der Waals surface area contributed by atoms with Crippen molar-refractivity contribution >= 4 is 43.9 Å². The maximum absolute atomic E-state index is 12.3. The smallest absolute Gasteiger partial charge is 0.263 e. The van der Waals surface area contributed by atoms with Gasteiger partial charge < -0.3 is 5.32 Å². The van der Waals surface area contributed by atoms with E-state index in [4.69, 9.17) is 0 Å². The number of nitrogens with one attached hydrogen (secondary N) is 2. The molecule has 1 heterocycles. The molecule has 9 heteroatoms. The largest absolute Gasteiger partial charge is 0.326 e. The van der Waals surface area contributed by atoms with E-state index in [0.717, 1.165) is 11.3 Å². The Morgan fingerprint density at radius 1 is 1.07 bits per heavy atom. The number of hydrogen-bond donors (Lipinski definition) is 2. The van der Waals surface area contributed by atoms with E-state index in [0.29, 0.717) is 16.9 Å². The molecule has 0 radical (unpaired) electrons. The van der Waals surface area contributed by atoms with Crippen molar-refractivity contribution in [3.8, 4) is 0 Å². The first kappa shape index (κ1) is 19.7. The van der Waals surface area contributed by atoms with E-state index >= 15 is 0 Å². The highest BCUT2D eigenvalue weighted by Crippen LogP contribution is 2.21. The summed E-state index contributed by atoms with van der Waals surface area (Å²) in [5.74, 6) is -0.408. The highest BCUT2D eigenvalue weighted by atomic mass is 32.2. The first-order valence-corrected chi connectivity index (χ1v) is 10.6. The highest BCUT2D eigenvalue weighted by Gasteiger charge is 2.16. The Morgan fingerprint density at radius 3 is 2.54 bits per heavy atom. The molecule has 1 amide bonds. The van der Waals surface area contributed by atoms with Gasteiger partial charge in [0, 0.05) is 16.6 Å². The molecule has 1 aromatic heterocycles. The second-order valence-corrected chi connectivity index (χ2v) is 8.46. The van der Waals surface area contributed by atoms with E-state index in [1.165, 1.54) is 19.1 Å². The van der Waals surface area contributed by atoms with Crippen LogP contribution >= 0.6 is 11.3 Å². The number of nitrogens with zero attached hydrogens (tertiary/aromatic N) is 1. The van der Waals surface area contributed by atoms with Gasteiger partial charge in [0.15, 0.2) is 10.9 Å². The minimum Gasteiger partial charge on any atom is -0.326 e. The Labute approximate surface area is 166 Å². The maximum atomic E-state index is 12.3. The number of Topliss-reactive ketones (excluding diaryl/α,β-unsaturated/α-hetero) is 1. The number of ketones is 1. The second kappa shape index (κ2) is 8.32. The summed E-state index contributed by atoms with van der Waals surface area (Å²) in [5, 5.41) is 4.51. The van der Waals surface area contributed by atoms with Crippen LogP contribution in [-0.2, 0) is 21.2 Å². The number of rotatable bonds is 7. The van der Waals surface area contributed by atoms with Crippen LogP contribution < -0.4 is 10.0 Å². The van der Waals surface area contributed by atoms with Gasteiger partial charge in [0.25, 0.3) is 10.0 Å². The average Bonchev–Trinajstić information content (AvgIpc) is 3.08. The molecular formula is C19H17N3O4S2. The second-order valence-electron chi connectivity index (χ2n) is 5.92. The molecule has 0 aliphatic heterocycles. The summed E-state index contributed by atoms with van der Waals surface area (Å²) in [6.07, 6.45) is -0.0200. The molecule has 3 rings (SSSR count). The zero-order valence-corrected chi connectivity index (χ0v) is 16.5. The summed E-state index contributed by atoms with van der Waals surface area (Å²) in [6, 6.07) is 14.6. The van der Waals surface area contributed by atoms with Crippen molar-refractivity contribution in [2.45, 2.75) is 18.2 Å². The molecule has 0 spiro atoms. The summed E-state index contributed by atoms with van der Waals surface area (Å²) in [7, 11) is -3.72. The molecule has 0 saturated heterocycles. The number of aromatic nitrogens is 1. The van der Waals surface area contributed by atoms with Crippen LogP contribution in [0.3, 0.4) is 0 Å². The first-order chi connectivity index (χ1) is 13.3. The summed E-state index contributed by atoms with van der Waals surface area (Å²) in [6.45, 7) is 1.45. The Morgan fingerprint density at radius 2 is 1.82 bits per heavy atom. The third-order valence-corrected chi connectivity index (χ3v) is 6.01. The fraction of sp³-hybridized carbons (Fsp3) is 0.105. The number of benzene rings is 2. The lowest BCUT2D eigenvalue weighted by atomic mass is 10.1. The Hall–Kier alpha value is -3.04. The Balaban J connectivity index is 1.64. The van der Waals surface area contributed by atoms with Crippen LogP contribution in [0.4, 0.5) is 10.8 Å². The van der Waals surface area contributed by atoms with Gasteiger partial charge in [0.2, 0.25) is 5.91 Å². The predicted octanol–water partition coefficient (Wildman–Crippen LogP) is 3.33. The lowest BCUT2D eigenvalue weighted by Gasteiger charge is -2.06. The average molecular weight is 415 g/mol. The molecule has 0 aliphatic rings. The summed E-state index contributed by atoms with van der Waals surface area (Å²) in [4.78, 5) is 27.9. The third kappa shape index (κ3) is 5.02. The van der Waals surface area contributed by atoms with Gasteiger partial charge in [-0.25, -0.2) is 13.4 Å². The molecule has 0 atom stereocenters. The van der Waals surface area contributed by atoms with Crippen LogP contribution in [0.25, 0.3) is 0 Å². The predicted molar refractivity (Wildman–Crippen MR) is 108 cm³/mol. The van der Waals surface area contributed by atoms with Crippen molar-refractivity contribution in [2.24, 2.45) is 0 Å². The van der Waals surface area contributed by atoms with Gasteiger partial charge >= 0.3 is 0 Å². The quantitative estimate of drug-likeness (QED) is 0.576. The van der Waals surface area contributed by atoms with Crippen LogP contribution in [0.15, 0.2) is 64.9 Å². The lowest BCUT2D eigenvalue weighted by Crippen LogP contribution is -2.15. The lowest BCUT2D eigenvalue weighted by molar-refractivity contribution is -0.115. The number of amides is 1. The van der Waals surface area contributed by atoms with Crippen molar-refractivity contribution in [3.63, 3.8) is 0 Å². The van der Waals surface area contributed by atoms with E-state index in [1.54, 1.807) is 47.8 Å². The van der Waals surface area contributed by atoms with Gasteiger partial charge in [0.1, 0.15) is 0 Å². The topological polar surface area (TPSA) is 105 Å². The molecule has 144 valence electrons. The van der Waals surface area contributed by atoms with Crippen molar-refractivity contribution < 1.29 is 18.0 Å². The highest BCUT2D eigenvalue weighted by molar-refractivity contribution is 7.93. The Bertz CT molecular complexity index is 1110. The molecule has 0 fully saturated rings. The van der Waals surface area contributed by atoms with Gasteiger partial charge in [0.05, 0.1) is 17.0 Å². The van der Waals surface area contributed by atoms with Crippen molar-refractivity contribution in [2.75, 3.05) is 10.0 Å². The summed E-state index contributed by atoms with van der Waals surface area (Å²) < 4.78 is 27.0. The fourth-order valence-corrected chi connectivity index (χ4v) is 4.38. The monoisotopic (exact) mass is 415 g/mol. The van der Waals surface area contributed by atoms with Crippen molar-refractivity contribution in [1.82, 2.24) is 4.98 Å². The zero-order valence-electron chi connectivity index (χ0n) is 14.9. The molecular weight excluding hydrogens is 398 g/mol. The maximum Gasteiger partial charge on any atom is 0.263 e. The normalized spacial score (nSPS) is 11.0. The molecule has 2 aromatic carbocycles. The third-order valence-electron chi connectivity index (χ3n) is 3.72. The first-order valence-electron chi connectivity index (χ1n) is 8.26. The van der Waals surface area contributed by atoms with Crippen LogP contribution in [0, 0.1) is 0 Å². The standard InChI is InChI=1S/C19H17N3O4S2/c1-13(23)14-6-5-7-15(10-14)20-18(24)11-16-12-27-19(21-16)22-28(25,26)17-8-3-2-4-9-17/h2-10,12H,11H2,1H3,(H,20,24)(H,21,22). The van der Waals surface area contributed by atoms with Crippen LogP contribution in [0.1, 0.15) is 23.0 Å². The van der Waals surface area contributed by atoms with E-state index in [1.807, 2.05) is 0 Å². The van der Waals surface area contributed by atoms with Crippen LogP contribution in [0.5, 0.6) is 0 Å². The zero-order chi connectivity index (χ0) is 20.1. The molecule has 28 heavy (non-hydrogen) atoms. The van der Waals surface area contributed by atoms with Gasteiger partial charge in [-0.2, -0.15) is 0 Å². The van der Waals surface area contributed by atoms with Crippen LogP contribution in [-0.4, -0.2) is 25.1 Å². The summed E-state index contributed by atoms with van der Waals surface area (Å²) >= 11 is 1.10. The van der Waals surface area contributed by atoms with E-state index in [9.17, 15) is 18.0 Å². The minimum absolute atomic E-state index is 0.0200. The van der Waals surface area contributed by atoms with E-state index < -0.39 is 10.0 Å².